The molecule has 0 amide bonds. The number of rotatable bonds is 4. The monoisotopic (exact) mass is 210 g/mol. The molecule has 0 aliphatic heterocycles. The van der Waals surface area contributed by atoms with Crippen LogP contribution in [0.4, 0.5) is 0 Å². The summed E-state index contributed by atoms with van der Waals surface area (Å²) >= 11 is 0. The first-order valence-electron chi connectivity index (χ1n) is 6.43. The Bertz CT molecular complexity index is 233. The SMILES string of the molecule is CC1(C)CCC(NC(C)(CN)C2CC2)C1. The van der Waals surface area contributed by atoms with E-state index in [0.717, 1.165) is 12.5 Å². The standard InChI is InChI=1S/C13H26N2/c1-12(2)7-6-11(8-12)15-13(3,9-14)10-4-5-10/h10-11,15H,4-9,14H2,1-3H3. The maximum Gasteiger partial charge on any atom is 0.0306 e. The van der Waals surface area contributed by atoms with Crippen LogP contribution >= 0.6 is 0 Å². The lowest BCUT2D eigenvalue weighted by Gasteiger charge is -2.33. The zero-order valence-electron chi connectivity index (χ0n) is 10.5. The first kappa shape index (κ1) is 11.4. The van der Waals surface area contributed by atoms with Gasteiger partial charge in [-0.1, -0.05) is 13.8 Å². The van der Waals surface area contributed by atoms with Gasteiger partial charge >= 0.3 is 0 Å². The minimum Gasteiger partial charge on any atom is -0.329 e. The Labute approximate surface area is 94.0 Å². The molecule has 2 saturated carbocycles. The Morgan fingerprint density at radius 1 is 1.33 bits per heavy atom. The van der Waals surface area contributed by atoms with Gasteiger partial charge in [0, 0.05) is 18.1 Å². The van der Waals surface area contributed by atoms with Crippen LogP contribution in [0.15, 0.2) is 0 Å². The van der Waals surface area contributed by atoms with E-state index < -0.39 is 0 Å². The summed E-state index contributed by atoms with van der Waals surface area (Å²) in [6.45, 7) is 7.86. The first-order chi connectivity index (χ1) is 6.95. The molecule has 88 valence electrons. The minimum atomic E-state index is 0.213. The topological polar surface area (TPSA) is 38.0 Å². The van der Waals surface area contributed by atoms with E-state index in [-0.39, 0.29) is 5.54 Å². The average molecular weight is 210 g/mol. The Morgan fingerprint density at radius 3 is 2.40 bits per heavy atom. The van der Waals surface area contributed by atoms with Crippen molar-refractivity contribution in [1.29, 1.82) is 0 Å². The van der Waals surface area contributed by atoms with Gasteiger partial charge in [0.25, 0.3) is 0 Å². The van der Waals surface area contributed by atoms with Crippen molar-refractivity contribution < 1.29 is 0 Å². The molecule has 0 heterocycles. The maximum absolute atomic E-state index is 5.93. The largest absolute Gasteiger partial charge is 0.329 e. The second-order valence-corrected chi connectivity index (χ2v) is 6.64. The molecule has 2 aliphatic rings. The summed E-state index contributed by atoms with van der Waals surface area (Å²) in [5, 5.41) is 3.83. The summed E-state index contributed by atoms with van der Waals surface area (Å²) in [4.78, 5) is 0. The second-order valence-electron chi connectivity index (χ2n) is 6.64. The summed E-state index contributed by atoms with van der Waals surface area (Å²) in [5.74, 6) is 0.839. The Balaban J connectivity index is 1.90. The maximum atomic E-state index is 5.93. The van der Waals surface area contributed by atoms with Crippen molar-refractivity contribution in [2.75, 3.05) is 6.54 Å². The molecule has 2 rings (SSSR count). The third-order valence-electron chi connectivity index (χ3n) is 4.40. The highest BCUT2D eigenvalue weighted by atomic mass is 15.0. The lowest BCUT2D eigenvalue weighted by atomic mass is 9.90. The van der Waals surface area contributed by atoms with Gasteiger partial charge in [-0.2, -0.15) is 0 Å². The molecule has 2 nitrogen and oxygen atoms in total. The molecule has 0 radical (unpaired) electrons. The number of nitrogens with two attached hydrogens (primary N) is 1. The van der Waals surface area contributed by atoms with Crippen molar-refractivity contribution >= 4 is 0 Å². The van der Waals surface area contributed by atoms with Gasteiger partial charge in [0.1, 0.15) is 0 Å². The van der Waals surface area contributed by atoms with E-state index in [1.165, 1.54) is 32.1 Å². The van der Waals surface area contributed by atoms with Crippen LogP contribution in [-0.2, 0) is 0 Å². The zero-order chi connectivity index (χ0) is 11.1. The minimum absolute atomic E-state index is 0.213. The van der Waals surface area contributed by atoms with Gasteiger partial charge < -0.3 is 11.1 Å². The fourth-order valence-corrected chi connectivity index (χ4v) is 3.09. The third kappa shape index (κ3) is 2.54. The highest BCUT2D eigenvalue weighted by molar-refractivity contribution is 5.01. The molecule has 0 aromatic rings. The average Bonchev–Trinajstić information content (AvgIpc) is 2.93. The Hall–Kier alpha value is -0.0800. The van der Waals surface area contributed by atoms with Gasteiger partial charge in [0.2, 0.25) is 0 Å². The van der Waals surface area contributed by atoms with E-state index in [9.17, 15) is 0 Å². The predicted molar refractivity (Wildman–Crippen MR) is 64.7 cm³/mol. The highest BCUT2D eigenvalue weighted by Crippen LogP contribution is 2.42. The van der Waals surface area contributed by atoms with Crippen molar-refractivity contribution in [3.05, 3.63) is 0 Å². The van der Waals surface area contributed by atoms with Crippen LogP contribution in [-0.4, -0.2) is 18.1 Å². The summed E-state index contributed by atoms with van der Waals surface area (Å²) in [7, 11) is 0. The van der Waals surface area contributed by atoms with Crippen LogP contribution in [0.3, 0.4) is 0 Å². The molecule has 2 aliphatic carbocycles. The lowest BCUT2D eigenvalue weighted by Crippen LogP contribution is -2.54. The summed E-state index contributed by atoms with van der Waals surface area (Å²) in [6, 6.07) is 0.703. The molecule has 3 N–H and O–H groups in total. The molecular formula is C13H26N2. The molecule has 0 bridgehead atoms. The van der Waals surface area contributed by atoms with E-state index in [0.29, 0.717) is 11.5 Å². The molecular weight excluding hydrogens is 184 g/mol. The smallest absolute Gasteiger partial charge is 0.0306 e. The molecule has 2 unspecified atom stereocenters. The number of nitrogens with one attached hydrogen (secondary N) is 1. The Morgan fingerprint density at radius 2 is 2.00 bits per heavy atom. The summed E-state index contributed by atoms with van der Waals surface area (Å²) in [5.41, 5.74) is 6.68. The van der Waals surface area contributed by atoms with E-state index in [1.54, 1.807) is 0 Å². The van der Waals surface area contributed by atoms with Crippen LogP contribution in [0.25, 0.3) is 0 Å². The molecule has 15 heavy (non-hydrogen) atoms. The van der Waals surface area contributed by atoms with Gasteiger partial charge in [-0.25, -0.2) is 0 Å². The Kier molecular flexibility index (Phi) is 2.85. The van der Waals surface area contributed by atoms with Crippen LogP contribution in [0.5, 0.6) is 0 Å². The van der Waals surface area contributed by atoms with Crippen molar-refractivity contribution in [3.8, 4) is 0 Å². The summed E-state index contributed by atoms with van der Waals surface area (Å²) < 4.78 is 0. The molecule has 0 spiro atoms. The van der Waals surface area contributed by atoms with Crippen molar-refractivity contribution in [1.82, 2.24) is 5.32 Å². The van der Waals surface area contributed by atoms with E-state index in [4.69, 9.17) is 5.73 Å². The van der Waals surface area contributed by atoms with Gasteiger partial charge in [-0.05, 0) is 50.4 Å². The molecule has 0 aromatic heterocycles. The fourth-order valence-electron chi connectivity index (χ4n) is 3.09. The second kappa shape index (κ2) is 3.74. The van der Waals surface area contributed by atoms with Crippen molar-refractivity contribution in [2.45, 2.75) is 64.5 Å². The molecule has 2 heteroatoms. The lowest BCUT2D eigenvalue weighted by molar-refractivity contribution is 0.267. The van der Waals surface area contributed by atoms with Crippen LogP contribution < -0.4 is 11.1 Å². The van der Waals surface area contributed by atoms with E-state index in [1.807, 2.05) is 0 Å². The quantitative estimate of drug-likeness (QED) is 0.747. The number of hydrogen-bond acceptors (Lipinski definition) is 2. The first-order valence-corrected chi connectivity index (χ1v) is 6.43. The van der Waals surface area contributed by atoms with Crippen LogP contribution in [0.2, 0.25) is 0 Å². The highest BCUT2D eigenvalue weighted by Gasteiger charge is 2.43. The predicted octanol–water partition coefficient (Wildman–Crippen LogP) is 2.28. The fraction of sp³-hybridized carbons (Fsp3) is 1.00. The van der Waals surface area contributed by atoms with Gasteiger partial charge in [-0.15, -0.1) is 0 Å². The van der Waals surface area contributed by atoms with Crippen molar-refractivity contribution in [3.63, 3.8) is 0 Å². The molecule has 2 atom stereocenters. The van der Waals surface area contributed by atoms with Gasteiger partial charge in [0.05, 0.1) is 0 Å². The summed E-state index contributed by atoms with van der Waals surface area (Å²) in [6.07, 6.45) is 6.74. The van der Waals surface area contributed by atoms with Crippen molar-refractivity contribution in [2.24, 2.45) is 17.1 Å². The molecule has 2 fully saturated rings. The molecule has 0 saturated heterocycles. The van der Waals surface area contributed by atoms with Gasteiger partial charge in [-0.3, -0.25) is 0 Å². The normalized spacial score (nSPS) is 34.0. The zero-order valence-corrected chi connectivity index (χ0v) is 10.5. The van der Waals surface area contributed by atoms with Crippen LogP contribution in [0, 0.1) is 11.3 Å². The third-order valence-corrected chi connectivity index (χ3v) is 4.40. The van der Waals surface area contributed by atoms with E-state index in [2.05, 4.69) is 26.1 Å². The number of hydrogen-bond donors (Lipinski definition) is 2. The van der Waals surface area contributed by atoms with Crippen LogP contribution in [0.1, 0.15) is 52.9 Å². The van der Waals surface area contributed by atoms with E-state index >= 15 is 0 Å². The van der Waals surface area contributed by atoms with Gasteiger partial charge in [0.15, 0.2) is 0 Å². The molecule has 0 aromatic carbocycles.